The second kappa shape index (κ2) is 7.96. The molecule has 0 saturated carbocycles. The van der Waals surface area contributed by atoms with Crippen molar-refractivity contribution < 1.29 is 9.47 Å². The summed E-state index contributed by atoms with van der Waals surface area (Å²) in [5.41, 5.74) is 2.78. The zero-order valence-corrected chi connectivity index (χ0v) is 16.5. The van der Waals surface area contributed by atoms with Crippen molar-refractivity contribution in [2.45, 2.75) is 25.3 Å². The van der Waals surface area contributed by atoms with Crippen LogP contribution in [0.15, 0.2) is 60.7 Å². The van der Waals surface area contributed by atoms with E-state index in [-0.39, 0.29) is 5.79 Å². The highest BCUT2D eigenvalue weighted by molar-refractivity contribution is 5.16. The van der Waals surface area contributed by atoms with Crippen molar-refractivity contribution in [2.75, 3.05) is 39.4 Å². The number of nitrogens with zero attached hydrogens (tertiary/aromatic N) is 2. The van der Waals surface area contributed by atoms with Crippen LogP contribution >= 0.6 is 0 Å². The minimum absolute atomic E-state index is 0.362. The Hall–Kier alpha value is -1.72. The molecule has 2 aromatic carbocycles. The summed E-state index contributed by atoms with van der Waals surface area (Å²) in [6.45, 7) is 7.86. The maximum atomic E-state index is 6.39. The van der Waals surface area contributed by atoms with Gasteiger partial charge in [0.1, 0.15) is 0 Å². The first-order chi connectivity index (χ1) is 13.8. The SMILES string of the molecule is c1ccc(CN2CC3CN(Cc4ccccc4)CC(C2)C32OCCCO2)cc1. The van der Waals surface area contributed by atoms with Gasteiger partial charge in [0.05, 0.1) is 13.2 Å². The molecule has 3 aliphatic rings. The molecular weight excluding hydrogens is 348 g/mol. The van der Waals surface area contributed by atoms with Crippen LogP contribution < -0.4 is 0 Å². The molecule has 0 atom stereocenters. The van der Waals surface area contributed by atoms with Crippen LogP contribution in [-0.2, 0) is 22.6 Å². The van der Waals surface area contributed by atoms with Crippen LogP contribution in [0, 0.1) is 11.8 Å². The first-order valence-electron chi connectivity index (χ1n) is 10.6. The summed E-state index contributed by atoms with van der Waals surface area (Å²) < 4.78 is 12.8. The Morgan fingerprint density at radius 3 is 1.54 bits per heavy atom. The average Bonchev–Trinajstić information content (AvgIpc) is 2.72. The van der Waals surface area contributed by atoms with Crippen LogP contribution in [0.25, 0.3) is 0 Å². The number of likely N-dealkylation sites (tertiary alicyclic amines) is 2. The third-order valence-electron chi connectivity index (χ3n) is 6.49. The van der Waals surface area contributed by atoms with E-state index in [1.807, 2.05) is 0 Å². The van der Waals surface area contributed by atoms with Gasteiger partial charge in [0.15, 0.2) is 5.79 Å². The molecule has 0 N–H and O–H groups in total. The number of hydrogen-bond acceptors (Lipinski definition) is 4. The summed E-state index contributed by atoms with van der Waals surface area (Å²) in [6.07, 6.45) is 1.02. The highest BCUT2D eigenvalue weighted by atomic mass is 16.7. The Morgan fingerprint density at radius 1 is 0.679 bits per heavy atom. The molecule has 0 unspecified atom stereocenters. The summed E-state index contributed by atoms with van der Waals surface area (Å²) in [7, 11) is 0. The van der Waals surface area contributed by atoms with Gasteiger partial charge in [0.25, 0.3) is 0 Å². The van der Waals surface area contributed by atoms with Gasteiger partial charge in [0, 0.05) is 51.1 Å². The number of hydrogen-bond donors (Lipinski definition) is 0. The molecule has 1 spiro atoms. The van der Waals surface area contributed by atoms with Crippen LogP contribution in [0.5, 0.6) is 0 Å². The Balaban J connectivity index is 1.33. The lowest BCUT2D eigenvalue weighted by atomic mass is 9.77. The van der Waals surface area contributed by atoms with Gasteiger partial charge in [-0.3, -0.25) is 9.80 Å². The smallest absolute Gasteiger partial charge is 0.178 e. The monoisotopic (exact) mass is 378 g/mol. The Labute approximate surface area is 168 Å². The summed E-state index contributed by atoms with van der Waals surface area (Å²) in [5.74, 6) is 0.430. The lowest BCUT2D eigenvalue weighted by Gasteiger charge is -2.58. The van der Waals surface area contributed by atoms with E-state index in [9.17, 15) is 0 Å². The molecule has 28 heavy (non-hydrogen) atoms. The van der Waals surface area contributed by atoms with Crippen molar-refractivity contribution in [1.29, 1.82) is 0 Å². The fraction of sp³-hybridized carbons (Fsp3) is 0.500. The summed E-state index contributed by atoms with van der Waals surface area (Å²) in [6, 6.07) is 21.7. The predicted molar refractivity (Wildman–Crippen MR) is 110 cm³/mol. The molecule has 5 rings (SSSR count). The molecule has 3 aliphatic heterocycles. The fourth-order valence-corrected chi connectivity index (χ4v) is 5.33. The predicted octanol–water partition coefficient (Wildman–Crippen LogP) is 3.38. The lowest BCUT2D eigenvalue weighted by molar-refractivity contribution is -0.350. The number of rotatable bonds is 4. The van der Waals surface area contributed by atoms with Gasteiger partial charge in [0.2, 0.25) is 0 Å². The van der Waals surface area contributed by atoms with Crippen molar-refractivity contribution in [1.82, 2.24) is 9.80 Å². The van der Waals surface area contributed by atoms with Gasteiger partial charge >= 0.3 is 0 Å². The largest absolute Gasteiger partial charge is 0.349 e. The van der Waals surface area contributed by atoms with E-state index in [1.54, 1.807) is 0 Å². The Bertz CT molecular complexity index is 689. The van der Waals surface area contributed by atoms with Crippen molar-refractivity contribution >= 4 is 0 Å². The van der Waals surface area contributed by atoms with E-state index in [2.05, 4.69) is 70.5 Å². The van der Waals surface area contributed by atoms with Crippen LogP contribution in [0.1, 0.15) is 17.5 Å². The van der Waals surface area contributed by atoms with E-state index in [4.69, 9.17) is 9.47 Å². The van der Waals surface area contributed by atoms with Gasteiger partial charge in [-0.1, -0.05) is 60.7 Å². The second-order valence-corrected chi connectivity index (χ2v) is 8.53. The van der Waals surface area contributed by atoms with E-state index < -0.39 is 0 Å². The molecule has 148 valence electrons. The number of benzene rings is 2. The van der Waals surface area contributed by atoms with Gasteiger partial charge < -0.3 is 9.47 Å². The van der Waals surface area contributed by atoms with E-state index in [0.29, 0.717) is 11.8 Å². The van der Waals surface area contributed by atoms with Gasteiger partial charge in [-0.15, -0.1) is 0 Å². The standard InChI is InChI=1S/C24H30N2O2/c1-3-8-20(9-4-1)14-25-16-22-18-26(15-21-10-5-2-6-11-21)19-23(17-25)24(22)27-12-7-13-28-24/h1-6,8-11,22-23H,7,12-19H2. The van der Waals surface area contributed by atoms with Gasteiger partial charge in [-0.25, -0.2) is 0 Å². The fourth-order valence-electron chi connectivity index (χ4n) is 5.33. The third-order valence-corrected chi connectivity index (χ3v) is 6.49. The lowest BCUT2D eigenvalue weighted by Crippen LogP contribution is -2.69. The molecule has 0 radical (unpaired) electrons. The first-order valence-corrected chi connectivity index (χ1v) is 10.6. The average molecular weight is 379 g/mol. The van der Waals surface area contributed by atoms with E-state index >= 15 is 0 Å². The topological polar surface area (TPSA) is 24.9 Å². The molecule has 0 aromatic heterocycles. The minimum atomic E-state index is -0.362. The number of ether oxygens (including phenoxy) is 2. The van der Waals surface area contributed by atoms with Crippen molar-refractivity contribution in [2.24, 2.45) is 11.8 Å². The van der Waals surface area contributed by atoms with E-state index in [0.717, 1.165) is 58.9 Å². The van der Waals surface area contributed by atoms with Crippen molar-refractivity contribution in [3.63, 3.8) is 0 Å². The van der Waals surface area contributed by atoms with Crippen LogP contribution in [-0.4, -0.2) is 55.0 Å². The normalized spacial score (nSPS) is 27.7. The molecule has 2 aromatic rings. The highest BCUT2D eigenvalue weighted by Crippen LogP contribution is 2.44. The number of piperidine rings is 2. The summed E-state index contributed by atoms with van der Waals surface area (Å²) in [5, 5.41) is 0. The molecular formula is C24H30N2O2. The second-order valence-electron chi connectivity index (χ2n) is 8.53. The van der Waals surface area contributed by atoms with Gasteiger partial charge in [-0.05, 0) is 17.5 Å². The Morgan fingerprint density at radius 2 is 1.11 bits per heavy atom. The zero-order chi connectivity index (χ0) is 18.8. The molecule has 3 fully saturated rings. The molecule has 4 nitrogen and oxygen atoms in total. The molecule has 3 saturated heterocycles. The highest BCUT2D eigenvalue weighted by Gasteiger charge is 2.56. The maximum Gasteiger partial charge on any atom is 0.178 e. The molecule has 0 amide bonds. The van der Waals surface area contributed by atoms with Crippen molar-refractivity contribution in [3.05, 3.63) is 71.8 Å². The summed E-state index contributed by atoms with van der Waals surface area (Å²) >= 11 is 0. The molecule has 0 aliphatic carbocycles. The van der Waals surface area contributed by atoms with E-state index in [1.165, 1.54) is 11.1 Å². The van der Waals surface area contributed by atoms with Gasteiger partial charge in [-0.2, -0.15) is 0 Å². The quantitative estimate of drug-likeness (QED) is 0.814. The molecule has 2 bridgehead atoms. The molecule has 4 heteroatoms. The van der Waals surface area contributed by atoms with Crippen LogP contribution in [0.3, 0.4) is 0 Å². The summed E-state index contributed by atoms with van der Waals surface area (Å²) in [4.78, 5) is 5.22. The zero-order valence-electron chi connectivity index (χ0n) is 16.5. The first kappa shape index (κ1) is 18.3. The maximum absolute atomic E-state index is 6.39. The van der Waals surface area contributed by atoms with Crippen LogP contribution in [0.2, 0.25) is 0 Å². The van der Waals surface area contributed by atoms with Crippen molar-refractivity contribution in [3.8, 4) is 0 Å². The third kappa shape index (κ3) is 3.62. The Kier molecular flexibility index (Phi) is 5.20. The minimum Gasteiger partial charge on any atom is -0.349 e. The van der Waals surface area contributed by atoms with Crippen LogP contribution in [0.4, 0.5) is 0 Å². The molecule has 3 heterocycles.